The lowest BCUT2D eigenvalue weighted by Crippen LogP contribution is -2.41. The normalized spacial score (nSPS) is 10.8. The molecule has 0 aromatic heterocycles. The van der Waals surface area contributed by atoms with E-state index in [0.29, 0.717) is 11.6 Å². The number of hydrogen-bond donors (Lipinski definition) is 3. The van der Waals surface area contributed by atoms with E-state index in [1.54, 1.807) is 30.3 Å². The van der Waals surface area contributed by atoms with Gasteiger partial charge < -0.3 is 10.1 Å². The van der Waals surface area contributed by atoms with E-state index in [-0.39, 0.29) is 30.0 Å². The summed E-state index contributed by atoms with van der Waals surface area (Å²) in [5.74, 6) is -2.72. The molecule has 0 unspecified atom stereocenters. The van der Waals surface area contributed by atoms with Gasteiger partial charge in [-0.25, -0.2) is 0 Å². The summed E-state index contributed by atoms with van der Waals surface area (Å²) in [5, 5.41) is 2.02. The summed E-state index contributed by atoms with van der Waals surface area (Å²) in [4.78, 5) is 47.1. The lowest BCUT2D eigenvalue weighted by atomic mass is 10.2. The van der Waals surface area contributed by atoms with Gasteiger partial charge in [-0.1, -0.05) is 29.8 Å². The molecule has 2 rings (SSSR count). The molecule has 0 aliphatic heterocycles. The quantitative estimate of drug-likeness (QED) is 0.391. The van der Waals surface area contributed by atoms with E-state index in [0.717, 1.165) is 12.1 Å². The molecule has 0 radical (unpaired) electrons. The van der Waals surface area contributed by atoms with E-state index < -0.39 is 42.0 Å². The van der Waals surface area contributed by atoms with Crippen molar-refractivity contribution in [3.05, 3.63) is 64.7 Å². The molecular weight excluding hydrogens is 467 g/mol. The van der Waals surface area contributed by atoms with Crippen molar-refractivity contribution >= 4 is 41.0 Å². The van der Waals surface area contributed by atoms with E-state index in [1.807, 2.05) is 0 Å². The molecular formula is C21H19ClF3N3O5. The Labute approximate surface area is 191 Å². The zero-order chi connectivity index (χ0) is 24.4. The van der Waals surface area contributed by atoms with Gasteiger partial charge in [0.2, 0.25) is 5.91 Å². The number of hydrazine groups is 1. The largest absolute Gasteiger partial charge is 0.456 e. The molecule has 0 aliphatic rings. The summed E-state index contributed by atoms with van der Waals surface area (Å²) in [5.41, 5.74) is 3.51. The van der Waals surface area contributed by atoms with E-state index in [2.05, 4.69) is 16.2 Å². The topological polar surface area (TPSA) is 114 Å². The maximum absolute atomic E-state index is 12.8. The predicted molar refractivity (Wildman–Crippen MR) is 112 cm³/mol. The molecule has 0 saturated carbocycles. The van der Waals surface area contributed by atoms with Gasteiger partial charge in [-0.3, -0.25) is 30.0 Å². The Hall–Kier alpha value is -3.60. The highest BCUT2D eigenvalue weighted by Gasteiger charge is 2.31. The van der Waals surface area contributed by atoms with E-state index in [4.69, 9.17) is 16.3 Å². The second-order valence-corrected chi connectivity index (χ2v) is 7.03. The van der Waals surface area contributed by atoms with Crippen LogP contribution in [0.1, 0.15) is 35.2 Å². The average molecular weight is 486 g/mol. The number of amides is 3. The highest BCUT2D eigenvalue weighted by molar-refractivity contribution is 6.33. The molecule has 0 bridgehead atoms. The van der Waals surface area contributed by atoms with Crippen molar-refractivity contribution in [1.29, 1.82) is 0 Å². The number of halogens is 4. The highest BCUT2D eigenvalue weighted by atomic mass is 35.5. The molecule has 2 aromatic rings. The van der Waals surface area contributed by atoms with Crippen molar-refractivity contribution in [2.24, 2.45) is 0 Å². The van der Waals surface area contributed by atoms with Gasteiger partial charge in [0, 0.05) is 18.4 Å². The molecule has 0 aliphatic carbocycles. The maximum atomic E-state index is 12.8. The summed E-state index contributed by atoms with van der Waals surface area (Å²) >= 11 is 5.78. The molecule has 0 heterocycles. The molecule has 2 aromatic carbocycles. The Balaban J connectivity index is 1.67. The van der Waals surface area contributed by atoms with Crippen LogP contribution in [0.5, 0.6) is 0 Å². The van der Waals surface area contributed by atoms with Gasteiger partial charge in [-0.15, -0.1) is 0 Å². The summed E-state index contributed by atoms with van der Waals surface area (Å²) < 4.78 is 43.0. The van der Waals surface area contributed by atoms with Crippen LogP contribution in [0.4, 0.5) is 18.9 Å². The first-order chi connectivity index (χ1) is 15.6. The van der Waals surface area contributed by atoms with Gasteiger partial charge >= 0.3 is 12.1 Å². The van der Waals surface area contributed by atoms with E-state index in [1.165, 1.54) is 0 Å². The fraction of sp³-hybridized carbons (Fsp3) is 0.238. The summed E-state index contributed by atoms with van der Waals surface area (Å²) in [6, 6.07) is 10.6. The molecule has 8 nitrogen and oxygen atoms in total. The SMILES string of the molecule is O=C(CCCC(=O)OCC(=O)Nc1cc(C(F)(F)F)ccc1Cl)NNC(=O)c1ccccc1. The predicted octanol–water partition coefficient (Wildman–Crippen LogP) is 3.47. The minimum absolute atomic E-state index is 0.0763. The first kappa shape index (κ1) is 25.7. The summed E-state index contributed by atoms with van der Waals surface area (Å²) in [6.07, 6.45) is -4.84. The second-order valence-electron chi connectivity index (χ2n) is 6.62. The monoisotopic (exact) mass is 485 g/mol. The molecule has 176 valence electrons. The van der Waals surface area contributed by atoms with Crippen LogP contribution in [-0.4, -0.2) is 30.3 Å². The highest BCUT2D eigenvalue weighted by Crippen LogP contribution is 2.33. The third-order valence-electron chi connectivity index (χ3n) is 4.07. The van der Waals surface area contributed by atoms with E-state index in [9.17, 15) is 32.3 Å². The van der Waals surface area contributed by atoms with Crippen molar-refractivity contribution < 1.29 is 37.1 Å². The standard InChI is InChI=1S/C21H19ClF3N3O5/c22-15-10-9-14(21(23,24)25)11-16(15)26-18(30)12-33-19(31)8-4-7-17(29)27-28-20(32)13-5-2-1-3-6-13/h1-3,5-6,9-11H,4,7-8,12H2,(H,26,30)(H,27,29)(H,28,32). The number of ether oxygens (including phenoxy) is 1. The summed E-state index contributed by atoms with van der Waals surface area (Å²) in [7, 11) is 0. The maximum Gasteiger partial charge on any atom is 0.416 e. The molecule has 3 amide bonds. The van der Waals surface area contributed by atoms with Gasteiger partial charge in [0.1, 0.15) is 0 Å². The van der Waals surface area contributed by atoms with Crippen LogP contribution >= 0.6 is 11.6 Å². The molecule has 3 N–H and O–H groups in total. The zero-order valence-corrected chi connectivity index (χ0v) is 17.8. The van der Waals surface area contributed by atoms with Gasteiger partial charge in [-0.05, 0) is 36.8 Å². The number of rotatable bonds is 8. The minimum atomic E-state index is -4.62. The third kappa shape index (κ3) is 8.81. The van der Waals surface area contributed by atoms with Crippen LogP contribution in [0.25, 0.3) is 0 Å². The average Bonchev–Trinajstić information content (AvgIpc) is 2.77. The Morgan fingerprint density at radius 2 is 1.61 bits per heavy atom. The van der Waals surface area contributed by atoms with Crippen LogP contribution in [-0.2, 0) is 25.3 Å². The van der Waals surface area contributed by atoms with Gasteiger partial charge in [0.15, 0.2) is 6.61 Å². The molecule has 0 saturated heterocycles. The first-order valence-corrected chi connectivity index (χ1v) is 9.90. The van der Waals surface area contributed by atoms with Crippen LogP contribution < -0.4 is 16.2 Å². The number of hydrogen-bond acceptors (Lipinski definition) is 5. The van der Waals surface area contributed by atoms with E-state index >= 15 is 0 Å². The molecule has 0 fully saturated rings. The Morgan fingerprint density at radius 1 is 0.909 bits per heavy atom. The van der Waals surface area contributed by atoms with Crippen LogP contribution in [0.2, 0.25) is 5.02 Å². The number of benzene rings is 2. The number of carbonyl (C=O) groups excluding carboxylic acids is 4. The summed E-state index contributed by atoms with van der Waals surface area (Å²) in [6.45, 7) is -0.745. The van der Waals surface area contributed by atoms with Crippen molar-refractivity contribution in [3.8, 4) is 0 Å². The zero-order valence-electron chi connectivity index (χ0n) is 17.0. The van der Waals surface area contributed by atoms with Crippen LogP contribution in [0.15, 0.2) is 48.5 Å². The van der Waals surface area contributed by atoms with Crippen molar-refractivity contribution in [2.45, 2.75) is 25.4 Å². The Kier molecular flexibility index (Phi) is 9.22. The minimum Gasteiger partial charge on any atom is -0.456 e. The number of carbonyl (C=O) groups is 4. The Morgan fingerprint density at radius 3 is 2.27 bits per heavy atom. The van der Waals surface area contributed by atoms with Crippen LogP contribution in [0.3, 0.4) is 0 Å². The number of alkyl halides is 3. The van der Waals surface area contributed by atoms with Crippen LogP contribution in [0, 0.1) is 0 Å². The smallest absolute Gasteiger partial charge is 0.416 e. The fourth-order valence-corrected chi connectivity index (χ4v) is 2.61. The van der Waals surface area contributed by atoms with Crippen molar-refractivity contribution in [3.63, 3.8) is 0 Å². The number of nitrogens with one attached hydrogen (secondary N) is 3. The molecule has 0 spiro atoms. The third-order valence-corrected chi connectivity index (χ3v) is 4.40. The fourth-order valence-electron chi connectivity index (χ4n) is 2.45. The van der Waals surface area contributed by atoms with Crippen molar-refractivity contribution in [1.82, 2.24) is 10.9 Å². The second kappa shape index (κ2) is 11.9. The lowest BCUT2D eigenvalue weighted by molar-refractivity contribution is -0.147. The van der Waals surface area contributed by atoms with Gasteiger partial charge in [-0.2, -0.15) is 13.2 Å². The first-order valence-electron chi connectivity index (χ1n) is 9.52. The molecule has 0 atom stereocenters. The number of anilines is 1. The molecule has 33 heavy (non-hydrogen) atoms. The number of esters is 1. The van der Waals surface area contributed by atoms with Gasteiger partial charge in [0.05, 0.1) is 16.3 Å². The van der Waals surface area contributed by atoms with Crippen molar-refractivity contribution in [2.75, 3.05) is 11.9 Å². The lowest BCUT2D eigenvalue weighted by Gasteiger charge is -2.12. The Bertz CT molecular complexity index is 1020. The van der Waals surface area contributed by atoms with Gasteiger partial charge in [0.25, 0.3) is 11.8 Å². The molecule has 12 heteroatoms.